The van der Waals surface area contributed by atoms with Crippen molar-refractivity contribution in [2.24, 2.45) is 0 Å². The van der Waals surface area contributed by atoms with Gasteiger partial charge in [-0.25, -0.2) is 9.59 Å². The maximum Gasteiger partial charge on any atom is 0.338 e. The third-order valence-electron chi connectivity index (χ3n) is 4.64. The van der Waals surface area contributed by atoms with Crippen LogP contribution in [-0.2, 0) is 18.9 Å². The molecule has 9 nitrogen and oxygen atoms in total. The molecule has 2 aliphatic rings. The summed E-state index contributed by atoms with van der Waals surface area (Å²) in [7, 11) is 0. The van der Waals surface area contributed by atoms with Crippen LogP contribution in [0.15, 0.2) is 52.2 Å². The number of benzene rings is 1. The Hall–Kier alpha value is -2.75. The number of nitrogens with zero attached hydrogens (tertiary/aromatic N) is 1. The van der Waals surface area contributed by atoms with Gasteiger partial charge in [-0.3, -0.25) is 14.3 Å². The third kappa shape index (κ3) is 3.51. The number of carbonyl (C=O) groups excluding carboxylic acids is 1. The summed E-state index contributed by atoms with van der Waals surface area (Å²) in [4.78, 5) is 37.9. The van der Waals surface area contributed by atoms with Crippen LogP contribution in [-0.4, -0.2) is 46.2 Å². The fourth-order valence-corrected chi connectivity index (χ4v) is 3.46. The molecule has 0 radical (unpaired) electrons. The van der Waals surface area contributed by atoms with Gasteiger partial charge >= 0.3 is 11.7 Å². The lowest BCUT2D eigenvalue weighted by Crippen LogP contribution is -2.37. The first-order chi connectivity index (χ1) is 13.3. The Kier molecular flexibility index (Phi) is 4.66. The maximum absolute atomic E-state index is 12.2. The zero-order chi connectivity index (χ0) is 19.9. The first-order valence-corrected chi connectivity index (χ1v) is 8.89. The summed E-state index contributed by atoms with van der Waals surface area (Å²) in [5.41, 5.74) is -0.700. The van der Waals surface area contributed by atoms with E-state index < -0.39 is 47.5 Å². The van der Waals surface area contributed by atoms with Crippen LogP contribution in [0.1, 0.15) is 30.4 Å². The number of ether oxygens (including phenoxy) is 4. The second-order valence-electron chi connectivity index (χ2n) is 7.11. The van der Waals surface area contributed by atoms with E-state index in [1.165, 1.54) is 16.8 Å². The molecule has 1 aromatic heterocycles. The fraction of sp³-hybridized carbons (Fsp3) is 0.421. The predicted octanol–water partition coefficient (Wildman–Crippen LogP) is 0.811. The van der Waals surface area contributed by atoms with Gasteiger partial charge in [0.25, 0.3) is 5.56 Å². The Bertz CT molecular complexity index is 982. The highest BCUT2D eigenvalue weighted by Gasteiger charge is 2.56. The molecule has 148 valence electrons. The molecule has 2 aliphatic heterocycles. The predicted molar refractivity (Wildman–Crippen MR) is 95.8 cm³/mol. The summed E-state index contributed by atoms with van der Waals surface area (Å²) in [6.07, 6.45) is -1.25. The molecule has 1 aromatic carbocycles. The highest BCUT2D eigenvalue weighted by molar-refractivity contribution is 5.89. The Morgan fingerprint density at radius 3 is 2.57 bits per heavy atom. The molecular formula is C19H20N2O7. The van der Waals surface area contributed by atoms with Crippen molar-refractivity contribution in [2.75, 3.05) is 6.61 Å². The summed E-state index contributed by atoms with van der Waals surface area (Å²) < 4.78 is 24.4. The van der Waals surface area contributed by atoms with E-state index in [9.17, 15) is 14.4 Å². The van der Waals surface area contributed by atoms with Crippen molar-refractivity contribution in [3.63, 3.8) is 0 Å². The van der Waals surface area contributed by atoms with Crippen molar-refractivity contribution < 1.29 is 23.7 Å². The number of fused-ring (bicyclic) bond motifs is 1. The molecular weight excluding hydrogens is 368 g/mol. The van der Waals surface area contributed by atoms with Crippen LogP contribution in [0.4, 0.5) is 0 Å². The summed E-state index contributed by atoms with van der Waals surface area (Å²) >= 11 is 0. The molecule has 9 heteroatoms. The molecule has 1 N–H and O–H groups in total. The molecule has 0 bridgehead atoms. The van der Waals surface area contributed by atoms with Gasteiger partial charge in [-0.15, -0.1) is 0 Å². The van der Waals surface area contributed by atoms with Crippen molar-refractivity contribution in [1.29, 1.82) is 0 Å². The number of rotatable bonds is 4. The van der Waals surface area contributed by atoms with E-state index in [2.05, 4.69) is 4.98 Å². The Morgan fingerprint density at radius 2 is 1.86 bits per heavy atom. The van der Waals surface area contributed by atoms with E-state index in [0.717, 1.165) is 0 Å². The van der Waals surface area contributed by atoms with Gasteiger partial charge in [0.1, 0.15) is 24.9 Å². The van der Waals surface area contributed by atoms with E-state index in [0.29, 0.717) is 5.56 Å². The summed E-state index contributed by atoms with van der Waals surface area (Å²) in [5.74, 6) is -1.37. The number of aromatic amines is 1. The first kappa shape index (κ1) is 18.6. The minimum Gasteiger partial charge on any atom is -0.459 e. The minimum absolute atomic E-state index is 0.0665. The molecule has 3 heterocycles. The highest BCUT2D eigenvalue weighted by atomic mass is 16.8. The number of aromatic nitrogens is 2. The molecule has 0 saturated carbocycles. The lowest BCUT2D eigenvalue weighted by atomic mass is 10.1. The van der Waals surface area contributed by atoms with Gasteiger partial charge in [0.15, 0.2) is 12.0 Å². The van der Waals surface area contributed by atoms with Crippen LogP contribution in [0.3, 0.4) is 0 Å². The van der Waals surface area contributed by atoms with E-state index in [-0.39, 0.29) is 6.61 Å². The molecule has 2 aromatic rings. The average Bonchev–Trinajstić information content (AvgIpc) is 3.14. The summed E-state index contributed by atoms with van der Waals surface area (Å²) in [5, 5.41) is 0. The molecule has 0 unspecified atom stereocenters. The zero-order valence-electron chi connectivity index (χ0n) is 15.4. The maximum atomic E-state index is 12.2. The normalized spacial score (nSPS) is 28.1. The van der Waals surface area contributed by atoms with Gasteiger partial charge in [0.05, 0.1) is 5.56 Å². The molecule has 0 aliphatic carbocycles. The van der Waals surface area contributed by atoms with Gasteiger partial charge in [-0.05, 0) is 26.0 Å². The number of hydrogen-bond acceptors (Lipinski definition) is 7. The van der Waals surface area contributed by atoms with Crippen molar-refractivity contribution >= 4 is 5.97 Å². The van der Waals surface area contributed by atoms with Gasteiger partial charge < -0.3 is 18.9 Å². The molecule has 2 saturated heterocycles. The van der Waals surface area contributed by atoms with Crippen LogP contribution < -0.4 is 11.2 Å². The largest absolute Gasteiger partial charge is 0.459 e. The monoisotopic (exact) mass is 388 g/mol. The summed E-state index contributed by atoms with van der Waals surface area (Å²) in [6.45, 7) is 3.44. The number of nitrogens with one attached hydrogen (secondary N) is 1. The van der Waals surface area contributed by atoms with Crippen molar-refractivity contribution in [3.05, 3.63) is 69.0 Å². The zero-order valence-corrected chi connectivity index (χ0v) is 15.4. The van der Waals surface area contributed by atoms with Gasteiger partial charge in [0.2, 0.25) is 0 Å². The van der Waals surface area contributed by atoms with Crippen LogP contribution in [0.5, 0.6) is 0 Å². The lowest BCUT2D eigenvalue weighted by molar-refractivity contribution is -0.200. The van der Waals surface area contributed by atoms with E-state index in [1.54, 1.807) is 44.2 Å². The number of H-pyrrole nitrogens is 1. The second-order valence-corrected chi connectivity index (χ2v) is 7.11. The molecule has 4 rings (SSSR count). The van der Waals surface area contributed by atoms with E-state index >= 15 is 0 Å². The van der Waals surface area contributed by atoms with Gasteiger partial charge in [-0.2, -0.15) is 0 Å². The molecule has 0 amide bonds. The summed E-state index contributed by atoms with van der Waals surface area (Å²) in [6, 6.07) is 9.83. The van der Waals surface area contributed by atoms with Crippen LogP contribution in [0, 0.1) is 0 Å². The smallest absolute Gasteiger partial charge is 0.338 e. The first-order valence-electron chi connectivity index (χ1n) is 8.89. The van der Waals surface area contributed by atoms with Crippen LogP contribution >= 0.6 is 0 Å². The SMILES string of the molecule is CC1(C)O[C@@H]2[C@H](O1)[C@H](n1ccc(=O)[nH]c1=O)O[C@@H]2COC(=O)c1ccccc1. The Morgan fingerprint density at radius 1 is 1.14 bits per heavy atom. The molecule has 0 spiro atoms. The standard InChI is InChI=1S/C19H20N2O7/c1-19(2)27-14-12(10-25-17(23)11-6-4-3-5-7-11)26-16(15(14)28-19)21-9-8-13(22)20-18(21)24/h3-9,12,14-16H,10H2,1-2H3,(H,20,22,24)/t12-,14+,15+,16-/m1/s1. The Labute approximate surface area is 159 Å². The molecule has 4 atom stereocenters. The van der Waals surface area contributed by atoms with Gasteiger partial charge in [-0.1, -0.05) is 18.2 Å². The molecule has 28 heavy (non-hydrogen) atoms. The van der Waals surface area contributed by atoms with Crippen LogP contribution in [0.25, 0.3) is 0 Å². The number of hydrogen-bond donors (Lipinski definition) is 1. The Balaban J connectivity index is 1.54. The van der Waals surface area contributed by atoms with Crippen molar-refractivity contribution in [2.45, 2.75) is 44.2 Å². The van der Waals surface area contributed by atoms with Gasteiger partial charge in [0, 0.05) is 12.3 Å². The fourth-order valence-electron chi connectivity index (χ4n) is 3.46. The molecule has 2 fully saturated rings. The second kappa shape index (κ2) is 7.01. The number of carbonyl (C=O) groups is 1. The highest BCUT2D eigenvalue weighted by Crippen LogP contribution is 2.42. The minimum atomic E-state index is -0.884. The quantitative estimate of drug-likeness (QED) is 0.772. The lowest BCUT2D eigenvalue weighted by Gasteiger charge is -2.24. The van der Waals surface area contributed by atoms with Crippen LogP contribution in [0.2, 0.25) is 0 Å². The average molecular weight is 388 g/mol. The van der Waals surface area contributed by atoms with Crippen molar-refractivity contribution in [1.82, 2.24) is 9.55 Å². The van der Waals surface area contributed by atoms with Crippen molar-refractivity contribution in [3.8, 4) is 0 Å². The number of esters is 1. The van der Waals surface area contributed by atoms with E-state index in [1.807, 2.05) is 0 Å². The van der Waals surface area contributed by atoms with E-state index in [4.69, 9.17) is 18.9 Å². The third-order valence-corrected chi connectivity index (χ3v) is 4.64. The topological polar surface area (TPSA) is 109 Å².